The van der Waals surface area contributed by atoms with Gasteiger partial charge in [-0.2, -0.15) is 0 Å². The molecule has 0 atom stereocenters. The van der Waals surface area contributed by atoms with Crippen molar-refractivity contribution in [2.75, 3.05) is 0 Å². The van der Waals surface area contributed by atoms with E-state index in [1.54, 1.807) is 0 Å². The fraction of sp³-hybridized carbons (Fsp3) is 0.250. The first kappa shape index (κ1) is 13.3. The molecule has 0 amide bonds. The van der Waals surface area contributed by atoms with Crippen LogP contribution in [0, 0.1) is 27.7 Å². The van der Waals surface area contributed by atoms with Gasteiger partial charge in [0, 0.05) is 5.56 Å². The van der Waals surface area contributed by atoms with Crippen LogP contribution >= 0.6 is 0 Å². The van der Waals surface area contributed by atoms with Crippen molar-refractivity contribution in [3.63, 3.8) is 0 Å². The molecular weight excluding hydrogens is 240 g/mol. The fourth-order valence-electron chi connectivity index (χ4n) is 2.72. The first-order chi connectivity index (χ1) is 8.86. The van der Waals surface area contributed by atoms with Gasteiger partial charge in [0.1, 0.15) is 0 Å². The van der Waals surface area contributed by atoms with Gasteiger partial charge in [-0.25, -0.2) is 4.79 Å². The predicted molar refractivity (Wildman–Crippen MR) is 74.9 cm³/mol. The third-order valence-electron chi connectivity index (χ3n) is 3.79. The summed E-state index contributed by atoms with van der Waals surface area (Å²) in [5, 5.41) is 11.0. The summed E-state index contributed by atoms with van der Waals surface area (Å²) in [6, 6.07) is 5.88. The van der Waals surface area contributed by atoms with Crippen molar-refractivity contribution in [1.29, 1.82) is 0 Å². The maximum absolute atomic E-state index is 11.9. The second kappa shape index (κ2) is 4.50. The quantitative estimate of drug-likeness (QED) is 0.662. The Balaban J connectivity index is 2.97. The van der Waals surface area contributed by atoms with Gasteiger partial charge in [0.15, 0.2) is 0 Å². The van der Waals surface area contributed by atoms with Gasteiger partial charge in [-0.05, 0) is 60.7 Å². The van der Waals surface area contributed by atoms with E-state index in [0.29, 0.717) is 5.56 Å². The van der Waals surface area contributed by atoms with Crippen LogP contribution in [0.2, 0.25) is 0 Å². The molecular formula is C16H16O3. The zero-order valence-corrected chi connectivity index (χ0v) is 11.5. The number of carboxylic acids is 1. The first-order valence-electron chi connectivity index (χ1n) is 6.13. The van der Waals surface area contributed by atoms with Gasteiger partial charge in [-0.3, -0.25) is 4.79 Å². The van der Waals surface area contributed by atoms with Gasteiger partial charge < -0.3 is 5.11 Å². The van der Waals surface area contributed by atoms with Crippen LogP contribution in [0.4, 0.5) is 0 Å². The number of aliphatic carboxylic acids is 1. The number of carbonyl (C=O) groups is 2. The highest BCUT2D eigenvalue weighted by Gasteiger charge is 2.23. The molecule has 3 nitrogen and oxygen atoms in total. The van der Waals surface area contributed by atoms with Crippen molar-refractivity contribution in [3.05, 3.63) is 46.0 Å². The average Bonchev–Trinajstić information content (AvgIpc) is 2.35. The molecule has 2 rings (SSSR count). The van der Waals surface area contributed by atoms with Crippen molar-refractivity contribution in [1.82, 2.24) is 0 Å². The van der Waals surface area contributed by atoms with Gasteiger partial charge >= 0.3 is 5.97 Å². The Bertz CT molecular complexity index is 712. The number of hydrogen-bond acceptors (Lipinski definition) is 2. The van der Waals surface area contributed by atoms with Gasteiger partial charge in [0.2, 0.25) is 0 Å². The summed E-state index contributed by atoms with van der Waals surface area (Å²) in [6.07, 6.45) is 0. The first-order valence-corrected chi connectivity index (χ1v) is 6.13. The number of benzene rings is 2. The molecule has 0 unspecified atom stereocenters. The average molecular weight is 256 g/mol. The third-order valence-corrected chi connectivity index (χ3v) is 3.79. The summed E-state index contributed by atoms with van der Waals surface area (Å²) in [5.74, 6) is -2.24. The van der Waals surface area contributed by atoms with E-state index < -0.39 is 11.8 Å². The van der Waals surface area contributed by atoms with E-state index in [-0.39, 0.29) is 0 Å². The number of Topliss-reactive ketones (excluding diaryl/α,β-unsaturated/α-hetero) is 1. The SMILES string of the molecule is Cc1c(C(=O)C(=O)O)c(C)c2cccc(C)c2c1C. The van der Waals surface area contributed by atoms with E-state index >= 15 is 0 Å². The predicted octanol–water partition coefficient (Wildman–Crippen LogP) is 3.34. The minimum Gasteiger partial charge on any atom is -0.475 e. The number of fused-ring (bicyclic) bond motifs is 1. The molecule has 2 aromatic rings. The lowest BCUT2D eigenvalue weighted by Crippen LogP contribution is -2.16. The van der Waals surface area contributed by atoms with Crippen molar-refractivity contribution < 1.29 is 14.7 Å². The molecule has 0 fully saturated rings. The van der Waals surface area contributed by atoms with E-state index in [1.807, 2.05) is 45.9 Å². The number of carbonyl (C=O) groups excluding carboxylic acids is 1. The monoisotopic (exact) mass is 256 g/mol. The van der Waals surface area contributed by atoms with E-state index in [9.17, 15) is 9.59 Å². The lowest BCUT2D eigenvalue weighted by Gasteiger charge is -2.16. The highest BCUT2D eigenvalue weighted by molar-refractivity contribution is 6.41. The highest BCUT2D eigenvalue weighted by Crippen LogP contribution is 2.31. The Morgan fingerprint density at radius 1 is 0.947 bits per heavy atom. The van der Waals surface area contributed by atoms with Crippen LogP contribution in [0.15, 0.2) is 18.2 Å². The van der Waals surface area contributed by atoms with Crippen molar-refractivity contribution in [2.24, 2.45) is 0 Å². The summed E-state index contributed by atoms with van der Waals surface area (Å²) in [6.45, 7) is 7.57. The summed E-state index contributed by atoms with van der Waals surface area (Å²) in [4.78, 5) is 22.8. The molecule has 0 aliphatic carbocycles. The highest BCUT2D eigenvalue weighted by atomic mass is 16.4. The molecule has 0 saturated heterocycles. The van der Waals surface area contributed by atoms with Crippen LogP contribution in [-0.4, -0.2) is 16.9 Å². The smallest absolute Gasteiger partial charge is 0.377 e. The minimum atomic E-state index is -1.40. The van der Waals surface area contributed by atoms with E-state index in [1.165, 1.54) is 0 Å². The summed E-state index contributed by atoms with van der Waals surface area (Å²) >= 11 is 0. The zero-order valence-electron chi connectivity index (χ0n) is 11.5. The maximum atomic E-state index is 11.9. The van der Waals surface area contributed by atoms with Crippen molar-refractivity contribution in [2.45, 2.75) is 27.7 Å². The Hall–Kier alpha value is -2.16. The van der Waals surface area contributed by atoms with Crippen molar-refractivity contribution in [3.8, 4) is 0 Å². The molecule has 0 aromatic heterocycles. The van der Waals surface area contributed by atoms with Gasteiger partial charge in [-0.15, -0.1) is 0 Å². The van der Waals surface area contributed by atoms with Crippen LogP contribution in [0.3, 0.4) is 0 Å². The van der Waals surface area contributed by atoms with Crippen LogP contribution in [-0.2, 0) is 4.79 Å². The summed E-state index contributed by atoms with van der Waals surface area (Å²) < 4.78 is 0. The van der Waals surface area contributed by atoms with Crippen LogP contribution in [0.25, 0.3) is 10.8 Å². The molecule has 0 heterocycles. The second-order valence-corrected chi connectivity index (χ2v) is 4.88. The van der Waals surface area contributed by atoms with Gasteiger partial charge in [0.25, 0.3) is 5.78 Å². The molecule has 0 bridgehead atoms. The molecule has 0 aliphatic rings. The number of hydrogen-bond donors (Lipinski definition) is 1. The summed E-state index contributed by atoms with van der Waals surface area (Å²) in [7, 11) is 0. The molecule has 0 aliphatic heterocycles. The minimum absolute atomic E-state index is 0.322. The largest absolute Gasteiger partial charge is 0.475 e. The van der Waals surface area contributed by atoms with E-state index in [4.69, 9.17) is 5.11 Å². The number of aryl methyl sites for hydroxylation is 3. The molecule has 0 saturated carbocycles. The Morgan fingerprint density at radius 3 is 2.16 bits per heavy atom. The lowest BCUT2D eigenvalue weighted by molar-refractivity contribution is -0.131. The molecule has 3 heteroatoms. The van der Waals surface area contributed by atoms with Gasteiger partial charge in [0.05, 0.1) is 0 Å². The Morgan fingerprint density at radius 2 is 1.58 bits per heavy atom. The van der Waals surface area contributed by atoms with Crippen LogP contribution in [0.1, 0.15) is 32.6 Å². The second-order valence-electron chi connectivity index (χ2n) is 4.88. The van der Waals surface area contributed by atoms with Crippen molar-refractivity contribution >= 4 is 22.5 Å². The topological polar surface area (TPSA) is 54.4 Å². The van der Waals surface area contributed by atoms with E-state index in [2.05, 4.69) is 0 Å². The number of rotatable bonds is 2. The molecule has 0 radical (unpaired) electrons. The fourth-order valence-corrected chi connectivity index (χ4v) is 2.72. The summed E-state index contributed by atoms with van der Waals surface area (Å²) in [5.41, 5.74) is 3.93. The Kier molecular flexibility index (Phi) is 3.14. The van der Waals surface area contributed by atoms with Crippen LogP contribution in [0.5, 0.6) is 0 Å². The molecule has 1 N–H and O–H groups in total. The zero-order chi connectivity index (χ0) is 14.3. The Labute approximate surface area is 111 Å². The van der Waals surface area contributed by atoms with Crippen LogP contribution < -0.4 is 0 Å². The molecule has 2 aromatic carbocycles. The molecule has 0 spiro atoms. The van der Waals surface area contributed by atoms with E-state index in [0.717, 1.165) is 33.0 Å². The number of ketones is 1. The molecule has 98 valence electrons. The maximum Gasteiger partial charge on any atom is 0.377 e. The molecule has 19 heavy (non-hydrogen) atoms. The third kappa shape index (κ3) is 1.91. The van der Waals surface area contributed by atoms with Gasteiger partial charge in [-0.1, -0.05) is 18.2 Å². The normalized spacial score (nSPS) is 10.7. The number of carboxylic acid groups (broad SMARTS) is 1. The standard InChI is InChI=1S/C16H16O3/c1-8-6-5-7-12-11(4)14(15(17)16(18)19)10(3)9(2)13(8)12/h5-7H,1-4H3,(H,18,19). The lowest BCUT2D eigenvalue weighted by atomic mass is 9.87.